The fraction of sp³-hybridized carbons (Fsp3) is 0.565. The molecule has 6 N–H and O–H groups in total. The van der Waals surface area contributed by atoms with Crippen molar-refractivity contribution in [1.29, 1.82) is 0 Å². The summed E-state index contributed by atoms with van der Waals surface area (Å²) in [6.45, 7) is 20.4. The van der Waals surface area contributed by atoms with E-state index in [2.05, 4.69) is 29.2 Å². The minimum atomic E-state index is -2.05. The van der Waals surface area contributed by atoms with E-state index in [1.165, 1.54) is 59.4 Å². The number of allylic oxidation sites excluding steroid dienone is 2. The van der Waals surface area contributed by atoms with Crippen molar-refractivity contribution >= 4 is 40.3 Å². The molecule has 4 aliphatic heterocycles. The number of aliphatic hydroxyl groups is 2. The number of phenolic OH excluding ortho intramolecular Hbond substituents is 3. The molecule has 9 atom stereocenters. The Morgan fingerprint density at radius 3 is 2.24 bits per heavy atom. The highest BCUT2D eigenvalue weighted by atomic mass is 16.7. The van der Waals surface area contributed by atoms with E-state index in [9.17, 15) is 39.9 Å². The Morgan fingerprint density at radius 2 is 1.63 bits per heavy atom. The summed E-state index contributed by atoms with van der Waals surface area (Å²) in [6.07, 6.45) is 4.90. The minimum Gasteiger partial charge on any atom is -0.507 e. The molecule has 0 aromatic heterocycles. The molecular weight excluding hydrogens is 801 g/mol. The zero-order chi connectivity index (χ0) is 46.0. The number of Topliss-reactive ketones (excluding diaryl/α,β-unsaturated/α-hetero) is 1. The van der Waals surface area contributed by atoms with Crippen LogP contribution in [0.25, 0.3) is 10.8 Å². The van der Waals surface area contributed by atoms with E-state index >= 15 is 0 Å². The molecule has 5 bridgehead atoms. The number of carbonyl (C=O) groups is 3. The topological polar surface area (TPSA) is 220 Å². The molecule has 1 fully saturated rings. The first-order valence-electron chi connectivity index (χ1n) is 21.2. The number of amides is 1. The van der Waals surface area contributed by atoms with Gasteiger partial charge in [0.2, 0.25) is 0 Å². The highest BCUT2D eigenvalue weighted by Gasteiger charge is 2.50. The number of nitrogens with zero attached hydrogens (tertiary/aromatic N) is 3. The van der Waals surface area contributed by atoms with Crippen LogP contribution in [-0.4, -0.2) is 129 Å². The average molecular weight is 865 g/mol. The maximum absolute atomic E-state index is 14.5. The number of aliphatic hydroxyl groups excluding tert-OH is 2. The van der Waals surface area contributed by atoms with Crippen LogP contribution in [0.15, 0.2) is 41.2 Å². The lowest BCUT2D eigenvalue weighted by atomic mass is 9.78. The van der Waals surface area contributed by atoms with Gasteiger partial charge in [0.25, 0.3) is 11.7 Å². The Balaban J connectivity index is 1.68. The number of rotatable bonds is 6. The van der Waals surface area contributed by atoms with E-state index in [0.29, 0.717) is 19.0 Å². The minimum absolute atomic E-state index is 0.0576. The Morgan fingerprint density at radius 1 is 0.968 bits per heavy atom. The highest BCUT2D eigenvalue weighted by Crippen LogP contribution is 2.55. The van der Waals surface area contributed by atoms with Gasteiger partial charge in [-0.15, -0.1) is 0 Å². The van der Waals surface area contributed by atoms with Gasteiger partial charge in [-0.1, -0.05) is 59.8 Å². The van der Waals surface area contributed by atoms with Crippen molar-refractivity contribution in [2.45, 2.75) is 99.4 Å². The molecule has 2 aromatic rings. The Kier molecular flexibility index (Phi) is 15.0. The van der Waals surface area contributed by atoms with E-state index in [0.717, 1.165) is 19.6 Å². The van der Waals surface area contributed by atoms with Gasteiger partial charge in [0, 0.05) is 93.9 Å². The Labute approximate surface area is 363 Å². The summed E-state index contributed by atoms with van der Waals surface area (Å²) in [7, 11) is 1.44. The van der Waals surface area contributed by atoms with Gasteiger partial charge in [-0.25, -0.2) is 0 Å². The molecule has 0 spiro atoms. The molecule has 1 amide bonds. The number of nitrogens with one attached hydrogen (secondary N) is 1. The number of carbonyl (C=O) groups excluding carboxylic acids is 3. The molecule has 1 saturated heterocycles. The molecule has 4 aliphatic rings. The largest absolute Gasteiger partial charge is 0.507 e. The molecule has 0 saturated carbocycles. The average Bonchev–Trinajstić information content (AvgIpc) is 3.49. The van der Waals surface area contributed by atoms with Gasteiger partial charge in [-0.2, -0.15) is 5.10 Å². The highest BCUT2D eigenvalue weighted by molar-refractivity contribution is 6.23. The summed E-state index contributed by atoms with van der Waals surface area (Å²) in [4.78, 5) is 43.0. The van der Waals surface area contributed by atoms with E-state index in [1.54, 1.807) is 44.9 Å². The van der Waals surface area contributed by atoms with Crippen molar-refractivity contribution in [3.63, 3.8) is 0 Å². The van der Waals surface area contributed by atoms with Gasteiger partial charge in [0.15, 0.2) is 5.75 Å². The molecule has 16 nitrogen and oxygen atoms in total. The standard InChI is InChI=1S/C46H64N4O12/c1-23(2)22-49-16-18-50(19-17-49)47-21-31-36-41(56)34-33(40(31)55)35-43(29(8)39(34)54)62-46(10,44(35)57)60-20-15-32(59-11)26(5)42(61-30(9)51)28(7)38(53)27(6)37(52)24(3)13-12-14-25(4)45(58)48-36/h12-15,20-21,23-24,26-28,32,37-38,42,52-56H,16-19,22H2,1-11H3,(H,48,58)/b13-12+,20-15+,25-14-,47-21+/t24-,26-,27-,28+,32+,37-,38+,42+,46+/m1/s1. The normalized spacial score (nSPS) is 31.2. The molecule has 62 heavy (non-hydrogen) atoms. The summed E-state index contributed by atoms with van der Waals surface area (Å²) < 4.78 is 23.7. The second kappa shape index (κ2) is 19.5. The van der Waals surface area contributed by atoms with Crippen LogP contribution in [-0.2, 0) is 23.8 Å². The number of hydrogen-bond donors (Lipinski definition) is 6. The number of phenols is 3. The summed E-state index contributed by atoms with van der Waals surface area (Å²) in [5, 5.41) is 67.3. The van der Waals surface area contributed by atoms with Crippen molar-refractivity contribution in [3.05, 3.63) is 52.8 Å². The number of ketones is 1. The number of methoxy groups -OCH3 is 1. The van der Waals surface area contributed by atoms with Gasteiger partial charge < -0.3 is 49.8 Å². The smallest absolute Gasteiger partial charge is 0.312 e. The number of piperazine rings is 1. The molecule has 2 aromatic carbocycles. The van der Waals surface area contributed by atoms with Crippen molar-refractivity contribution in [3.8, 4) is 23.0 Å². The summed E-state index contributed by atoms with van der Waals surface area (Å²) in [6, 6.07) is 0. The SMILES string of the molecule is CO[C@H]1/C=C/O[C@@]2(C)Oc3c(C)c(O)c4c(O)c(c(/C=N/N5CCN(CC(C)C)CC5)c(O)c4c3C2=O)NC(=O)/C(C)=C\C=C\[C@@H](C)[C@@H](O)[C@@H](C)[C@H](O)[C@H](C)[C@@H](OC(C)=O)[C@@H]1C. The number of hydrogen-bond acceptors (Lipinski definition) is 15. The zero-order valence-electron chi connectivity index (χ0n) is 37.6. The first kappa shape index (κ1) is 47.9. The van der Waals surface area contributed by atoms with E-state index in [4.69, 9.17) is 18.9 Å². The number of fused-ring (bicyclic) bond motifs is 14. The quantitative estimate of drug-likeness (QED) is 0.0933. The molecule has 6 rings (SSSR count). The lowest BCUT2D eigenvalue weighted by Gasteiger charge is -2.38. The first-order valence-corrected chi connectivity index (χ1v) is 21.2. The fourth-order valence-corrected chi connectivity index (χ4v) is 8.56. The Hall–Kier alpha value is -5.16. The van der Waals surface area contributed by atoms with E-state index < -0.39 is 88.8 Å². The molecular formula is C46H64N4O12. The molecule has 0 radical (unpaired) electrons. The number of anilines is 1. The van der Waals surface area contributed by atoms with Gasteiger partial charge in [0.05, 0.1) is 53.0 Å². The van der Waals surface area contributed by atoms with Gasteiger partial charge in [0.1, 0.15) is 23.4 Å². The van der Waals surface area contributed by atoms with Crippen LogP contribution in [0, 0.1) is 36.5 Å². The molecule has 0 unspecified atom stereocenters. The van der Waals surface area contributed by atoms with Crippen molar-refractivity contribution < 1.29 is 58.9 Å². The predicted octanol–water partition coefficient (Wildman–Crippen LogP) is 5.36. The maximum atomic E-state index is 14.5. The van der Waals surface area contributed by atoms with Crippen LogP contribution in [0.5, 0.6) is 23.0 Å². The first-order chi connectivity index (χ1) is 29.1. The van der Waals surface area contributed by atoms with Crippen molar-refractivity contribution in [1.82, 2.24) is 9.91 Å². The second-order valence-corrected chi connectivity index (χ2v) is 17.5. The molecule has 0 aliphatic carbocycles. The van der Waals surface area contributed by atoms with Crippen LogP contribution in [0.4, 0.5) is 5.69 Å². The van der Waals surface area contributed by atoms with Gasteiger partial charge in [-0.05, 0) is 25.8 Å². The summed E-state index contributed by atoms with van der Waals surface area (Å²) >= 11 is 0. The lowest BCUT2D eigenvalue weighted by Crippen LogP contribution is -2.46. The van der Waals surface area contributed by atoms with Gasteiger partial charge >= 0.3 is 11.8 Å². The lowest BCUT2D eigenvalue weighted by molar-refractivity contribution is -0.160. The van der Waals surface area contributed by atoms with Crippen LogP contribution >= 0.6 is 0 Å². The molecule has 4 heterocycles. The number of hydrazone groups is 1. The Bertz CT molecular complexity index is 2140. The van der Waals surface area contributed by atoms with Crippen LogP contribution < -0.4 is 10.1 Å². The molecule has 340 valence electrons. The third kappa shape index (κ3) is 9.73. The van der Waals surface area contributed by atoms with Crippen LogP contribution in [0.2, 0.25) is 0 Å². The van der Waals surface area contributed by atoms with E-state index in [-0.39, 0.29) is 44.5 Å². The zero-order valence-corrected chi connectivity index (χ0v) is 37.6. The predicted molar refractivity (Wildman–Crippen MR) is 234 cm³/mol. The van der Waals surface area contributed by atoms with Gasteiger partial charge in [-0.3, -0.25) is 24.3 Å². The number of benzene rings is 2. The third-order valence-corrected chi connectivity index (χ3v) is 12.4. The van der Waals surface area contributed by atoms with Crippen LogP contribution in [0.1, 0.15) is 83.8 Å². The van der Waals surface area contributed by atoms with E-state index in [1.807, 2.05) is 0 Å². The number of esters is 1. The number of ether oxygens (including phenoxy) is 4. The monoisotopic (exact) mass is 864 g/mol. The second-order valence-electron chi connectivity index (χ2n) is 17.5. The van der Waals surface area contributed by atoms with Crippen molar-refractivity contribution in [2.24, 2.45) is 34.7 Å². The third-order valence-electron chi connectivity index (χ3n) is 12.4. The summed E-state index contributed by atoms with van der Waals surface area (Å²) in [5.41, 5.74) is -0.335. The van der Waals surface area contributed by atoms with Crippen molar-refractivity contribution in [2.75, 3.05) is 45.2 Å². The summed E-state index contributed by atoms with van der Waals surface area (Å²) in [5.74, 6) is -7.85. The fourth-order valence-electron chi connectivity index (χ4n) is 8.56. The molecule has 16 heteroatoms. The number of aromatic hydroxyl groups is 3. The maximum Gasteiger partial charge on any atom is 0.312 e. The van der Waals surface area contributed by atoms with Crippen LogP contribution in [0.3, 0.4) is 0 Å².